The molecule has 2 aromatic carbocycles. The van der Waals surface area contributed by atoms with E-state index >= 15 is 0 Å². The highest BCUT2D eigenvalue weighted by atomic mass is 16.5. The van der Waals surface area contributed by atoms with Crippen LogP contribution in [0, 0.1) is 11.3 Å². The number of benzene rings is 2. The van der Waals surface area contributed by atoms with Crippen LogP contribution in [0.4, 0.5) is 11.4 Å². The Morgan fingerprint density at radius 3 is 2.21 bits per heavy atom. The van der Waals surface area contributed by atoms with Gasteiger partial charge in [-0.15, -0.1) is 0 Å². The summed E-state index contributed by atoms with van der Waals surface area (Å²) in [5.74, 6) is -1.17. The van der Waals surface area contributed by atoms with Crippen LogP contribution < -0.4 is 9.80 Å². The topological polar surface area (TPSA) is 73.6 Å². The average Bonchev–Trinajstić information content (AvgIpc) is 2.73. The SMILES string of the molecule is CCN(C(=O)[C@H](C)OC(=O)/C(C#N)=C\c1ccc(N(C)C)cc1)c1ccccc1. The second-order valence-corrected chi connectivity index (χ2v) is 6.62. The highest BCUT2D eigenvalue weighted by Gasteiger charge is 2.25. The Balaban J connectivity index is 2.11. The predicted octanol–water partition coefficient (Wildman–Crippen LogP) is 3.64. The maximum absolute atomic E-state index is 12.7. The summed E-state index contributed by atoms with van der Waals surface area (Å²) in [5.41, 5.74) is 2.26. The van der Waals surface area contributed by atoms with Crippen LogP contribution in [0.15, 0.2) is 60.2 Å². The van der Waals surface area contributed by atoms with Crippen molar-refractivity contribution >= 4 is 29.3 Å². The Morgan fingerprint density at radius 1 is 1.07 bits per heavy atom. The lowest BCUT2D eigenvalue weighted by atomic mass is 10.1. The maximum Gasteiger partial charge on any atom is 0.349 e. The summed E-state index contributed by atoms with van der Waals surface area (Å²) in [7, 11) is 3.85. The normalized spacial score (nSPS) is 11.9. The van der Waals surface area contributed by atoms with Crippen molar-refractivity contribution in [3.63, 3.8) is 0 Å². The van der Waals surface area contributed by atoms with E-state index in [9.17, 15) is 14.9 Å². The molecule has 0 N–H and O–H groups in total. The fourth-order valence-electron chi connectivity index (χ4n) is 2.74. The van der Waals surface area contributed by atoms with Crippen LogP contribution in [0.3, 0.4) is 0 Å². The van der Waals surface area contributed by atoms with Gasteiger partial charge in [0.15, 0.2) is 6.10 Å². The van der Waals surface area contributed by atoms with Crippen molar-refractivity contribution in [1.29, 1.82) is 5.26 Å². The van der Waals surface area contributed by atoms with E-state index in [1.165, 1.54) is 17.9 Å². The summed E-state index contributed by atoms with van der Waals surface area (Å²) >= 11 is 0. The molecule has 150 valence electrons. The molecule has 1 amide bonds. The molecule has 0 radical (unpaired) electrons. The number of carbonyl (C=O) groups is 2. The highest BCUT2D eigenvalue weighted by molar-refractivity contribution is 6.01. The standard InChI is InChI=1S/C23H25N3O3/c1-5-26(21-9-7-6-8-10-21)22(27)17(2)29-23(28)19(16-24)15-18-11-13-20(14-12-18)25(3)4/h6-15,17H,5H2,1-4H3/b19-15-/t17-/m0/s1. The molecular formula is C23H25N3O3. The molecular weight excluding hydrogens is 366 g/mol. The molecule has 6 nitrogen and oxygen atoms in total. The number of likely N-dealkylation sites (N-methyl/N-ethyl adjacent to an activating group) is 1. The molecule has 0 saturated heterocycles. The Kier molecular flexibility index (Phi) is 7.55. The van der Waals surface area contributed by atoms with Crippen LogP contribution in [0.1, 0.15) is 19.4 Å². The summed E-state index contributed by atoms with van der Waals surface area (Å²) in [6.45, 7) is 3.79. The zero-order valence-electron chi connectivity index (χ0n) is 17.1. The second-order valence-electron chi connectivity index (χ2n) is 6.62. The fourth-order valence-corrected chi connectivity index (χ4v) is 2.74. The van der Waals surface area contributed by atoms with Crippen LogP contribution >= 0.6 is 0 Å². The summed E-state index contributed by atoms with van der Waals surface area (Å²) in [6.07, 6.45) is 0.434. The van der Waals surface area contributed by atoms with Crippen LogP contribution in [0.25, 0.3) is 6.08 Å². The third-order valence-corrected chi connectivity index (χ3v) is 4.34. The summed E-state index contributed by atoms with van der Waals surface area (Å²) in [4.78, 5) is 28.6. The smallest absolute Gasteiger partial charge is 0.349 e. The first-order chi connectivity index (χ1) is 13.9. The van der Waals surface area contributed by atoms with Gasteiger partial charge in [0.25, 0.3) is 5.91 Å². The van der Waals surface area contributed by atoms with Gasteiger partial charge in [-0.2, -0.15) is 5.26 Å². The molecule has 0 aliphatic carbocycles. The van der Waals surface area contributed by atoms with Gasteiger partial charge in [-0.3, -0.25) is 4.79 Å². The van der Waals surface area contributed by atoms with Gasteiger partial charge in [0, 0.05) is 32.0 Å². The Bertz CT molecular complexity index is 913. The minimum Gasteiger partial charge on any atom is -0.448 e. The second kappa shape index (κ2) is 10.1. The van der Waals surface area contributed by atoms with Crippen molar-refractivity contribution in [2.75, 3.05) is 30.4 Å². The molecule has 0 heterocycles. The molecule has 0 bridgehead atoms. The number of rotatable bonds is 7. The van der Waals surface area contributed by atoms with Crippen LogP contribution in [-0.2, 0) is 14.3 Å². The number of amides is 1. The van der Waals surface area contributed by atoms with E-state index in [2.05, 4.69) is 0 Å². The van der Waals surface area contributed by atoms with Gasteiger partial charge in [0.2, 0.25) is 0 Å². The molecule has 0 aromatic heterocycles. The number of ether oxygens (including phenoxy) is 1. The molecule has 29 heavy (non-hydrogen) atoms. The van der Waals surface area contributed by atoms with Crippen LogP contribution in [-0.4, -0.2) is 38.6 Å². The molecule has 6 heteroatoms. The van der Waals surface area contributed by atoms with E-state index in [4.69, 9.17) is 4.74 Å². The van der Waals surface area contributed by atoms with Gasteiger partial charge >= 0.3 is 5.97 Å². The summed E-state index contributed by atoms with van der Waals surface area (Å²) in [6, 6.07) is 18.4. The van der Waals surface area contributed by atoms with Gasteiger partial charge in [-0.05, 0) is 49.8 Å². The number of esters is 1. The fraction of sp³-hybridized carbons (Fsp3) is 0.261. The van der Waals surface area contributed by atoms with Crippen molar-refractivity contribution in [2.45, 2.75) is 20.0 Å². The van der Waals surface area contributed by atoms with Gasteiger partial charge < -0.3 is 14.5 Å². The summed E-state index contributed by atoms with van der Waals surface area (Å²) in [5, 5.41) is 9.36. The molecule has 2 rings (SSSR count). The number of anilines is 2. The highest BCUT2D eigenvalue weighted by Crippen LogP contribution is 2.17. The predicted molar refractivity (Wildman–Crippen MR) is 114 cm³/mol. The zero-order valence-corrected chi connectivity index (χ0v) is 17.1. The number of para-hydroxylation sites is 1. The first-order valence-electron chi connectivity index (χ1n) is 9.34. The first kappa shape index (κ1) is 21.7. The van der Waals surface area contributed by atoms with E-state index in [1.54, 1.807) is 0 Å². The molecule has 1 atom stereocenters. The lowest BCUT2D eigenvalue weighted by Gasteiger charge is -2.24. The maximum atomic E-state index is 12.7. The van der Waals surface area contributed by atoms with E-state index in [0.29, 0.717) is 12.1 Å². The van der Waals surface area contributed by atoms with Crippen molar-refractivity contribution < 1.29 is 14.3 Å². The minimum absolute atomic E-state index is 0.162. The van der Waals surface area contributed by atoms with E-state index < -0.39 is 12.1 Å². The number of hydrogen-bond donors (Lipinski definition) is 0. The number of nitriles is 1. The van der Waals surface area contributed by atoms with Crippen molar-refractivity contribution in [3.8, 4) is 6.07 Å². The Hall–Kier alpha value is -3.59. The molecule has 0 aliphatic rings. The lowest BCUT2D eigenvalue weighted by Crippen LogP contribution is -2.40. The first-order valence-corrected chi connectivity index (χ1v) is 9.34. The summed E-state index contributed by atoms with van der Waals surface area (Å²) < 4.78 is 5.27. The minimum atomic E-state index is -1.02. The molecule has 2 aromatic rings. The molecule has 0 aliphatic heterocycles. The average molecular weight is 391 g/mol. The quantitative estimate of drug-likeness (QED) is 0.409. The molecule has 0 fully saturated rings. The van der Waals surface area contributed by atoms with Crippen molar-refractivity contribution in [2.24, 2.45) is 0 Å². The van der Waals surface area contributed by atoms with E-state index in [0.717, 1.165) is 11.4 Å². The van der Waals surface area contributed by atoms with Gasteiger partial charge in [-0.1, -0.05) is 30.3 Å². The number of hydrogen-bond acceptors (Lipinski definition) is 5. The van der Waals surface area contributed by atoms with E-state index in [-0.39, 0.29) is 11.5 Å². The van der Waals surface area contributed by atoms with Crippen LogP contribution in [0.2, 0.25) is 0 Å². The molecule has 0 unspecified atom stereocenters. The van der Waals surface area contributed by atoms with Crippen LogP contribution in [0.5, 0.6) is 0 Å². The van der Waals surface area contributed by atoms with Crippen molar-refractivity contribution in [1.82, 2.24) is 0 Å². The lowest BCUT2D eigenvalue weighted by molar-refractivity contribution is -0.149. The third kappa shape index (κ3) is 5.69. The zero-order chi connectivity index (χ0) is 21.4. The number of carbonyl (C=O) groups excluding carboxylic acids is 2. The van der Waals surface area contributed by atoms with E-state index in [1.807, 2.05) is 86.6 Å². The molecule has 0 spiro atoms. The van der Waals surface area contributed by atoms with Crippen molar-refractivity contribution in [3.05, 3.63) is 65.7 Å². The Morgan fingerprint density at radius 2 is 1.69 bits per heavy atom. The number of nitrogens with zero attached hydrogens (tertiary/aromatic N) is 3. The van der Waals surface area contributed by atoms with Gasteiger partial charge in [-0.25, -0.2) is 4.79 Å². The monoisotopic (exact) mass is 391 g/mol. The van der Waals surface area contributed by atoms with Gasteiger partial charge in [0.05, 0.1) is 0 Å². The largest absolute Gasteiger partial charge is 0.448 e. The van der Waals surface area contributed by atoms with Gasteiger partial charge in [0.1, 0.15) is 11.6 Å². The molecule has 0 saturated carbocycles. The third-order valence-electron chi connectivity index (χ3n) is 4.34. The Labute approximate surface area is 171 Å².